The fourth-order valence-electron chi connectivity index (χ4n) is 3.04. The Morgan fingerprint density at radius 2 is 2.04 bits per heavy atom. The molecular weight excluding hydrogens is 373 g/mol. The largest absolute Gasteiger partial charge is 0.338 e. The Morgan fingerprint density at radius 1 is 1.30 bits per heavy atom. The summed E-state index contributed by atoms with van der Waals surface area (Å²) in [7, 11) is 0. The summed E-state index contributed by atoms with van der Waals surface area (Å²) < 4.78 is 13.3. The van der Waals surface area contributed by atoms with Crippen LogP contribution in [-0.2, 0) is 17.8 Å². The van der Waals surface area contributed by atoms with E-state index in [4.69, 9.17) is 11.6 Å². The number of hydrogen-bond acceptors (Lipinski definition) is 3. The van der Waals surface area contributed by atoms with Gasteiger partial charge in [-0.2, -0.15) is 0 Å². The molecule has 3 rings (SSSR count). The van der Waals surface area contributed by atoms with Crippen molar-refractivity contribution in [3.63, 3.8) is 0 Å². The van der Waals surface area contributed by atoms with Gasteiger partial charge in [-0.3, -0.25) is 14.6 Å². The number of benzene rings is 1. The molecule has 1 aliphatic rings. The number of carbonyl (C=O) groups is 1. The molecule has 0 bridgehead atoms. The first kappa shape index (κ1) is 19.4. The lowest BCUT2D eigenvalue weighted by atomic mass is 10.1. The molecule has 6 nitrogen and oxygen atoms in total. The topological polar surface area (TPSA) is 86.0 Å². The van der Waals surface area contributed by atoms with E-state index in [0.717, 1.165) is 12.8 Å². The number of nitrogens with one attached hydrogen (secondary N) is 2. The van der Waals surface area contributed by atoms with Gasteiger partial charge in [0.15, 0.2) is 0 Å². The first-order valence-electron chi connectivity index (χ1n) is 8.87. The number of halogens is 2. The number of hydrogen-bond donors (Lipinski definition) is 2. The van der Waals surface area contributed by atoms with Crippen molar-refractivity contribution in [3.05, 3.63) is 66.7 Å². The van der Waals surface area contributed by atoms with Crippen molar-refractivity contribution in [2.45, 2.75) is 39.2 Å². The second-order valence-electron chi connectivity index (χ2n) is 6.97. The predicted octanol–water partition coefficient (Wildman–Crippen LogP) is 2.54. The zero-order valence-corrected chi connectivity index (χ0v) is 15.7. The zero-order chi connectivity index (χ0) is 19.6. The van der Waals surface area contributed by atoms with Crippen LogP contribution in [0.3, 0.4) is 0 Å². The third-order valence-corrected chi connectivity index (χ3v) is 5.10. The first-order chi connectivity index (χ1) is 12.8. The van der Waals surface area contributed by atoms with E-state index in [0.29, 0.717) is 35.8 Å². The number of amides is 1. The Morgan fingerprint density at radius 3 is 2.67 bits per heavy atom. The lowest BCUT2D eigenvalue weighted by molar-refractivity contribution is -0.132. The SMILES string of the molecule is Cc1[nH]c(=O)[nH]c(=O)c1CCC(=O)N(Cc1ccc(F)cc1Cl)CC1CC1. The smallest absolute Gasteiger partial charge is 0.325 e. The van der Waals surface area contributed by atoms with Gasteiger partial charge in [-0.25, -0.2) is 9.18 Å². The Hall–Kier alpha value is -2.41. The fourth-order valence-corrected chi connectivity index (χ4v) is 3.27. The van der Waals surface area contributed by atoms with Gasteiger partial charge < -0.3 is 9.88 Å². The number of H-pyrrole nitrogens is 2. The van der Waals surface area contributed by atoms with Crippen LogP contribution in [0, 0.1) is 18.7 Å². The minimum atomic E-state index is -0.561. The molecule has 1 aliphatic carbocycles. The maximum atomic E-state index is 13.3. The molecule has 0 aliphatic heterocycles. The quantitative estimate of drug-likeness (QED) is 0.757. The Labute approximate surface area is 160 Å². The first-order valence-corrected chi connectivity index (χ1v) is 9.25. The van der Waals surface area contributed by atoms with Gasteiger partial charge in [-0.1, -0.05) is 17.7 Å². The van der Waals surface area contributed by atoms with Crippen LogP contribution in [0.15, 0.2) is 27.8 Å². The van der Waals surface area contributed by atoms with Gasteiger partial charge in [0.05, 0.1) is 0 Å². The molecular formula is C19H21ClFN3O3. The highest BCUT2D eigenvalue weighted by Gasteiger charge is 2.27. The summed E-state index contributed by atoms with van der Waals surface area (Å²) in [6.45, 7) is 2.56. The monoisotopic (exact) mass is 393 g/mol. The van der Waals surface area contributed by atoms with Crippen LogP contribution in [0.4, 0.5) is 4.39 Å². The highest BCUT2D eigenvalue weighted by molar-refractivity contribution is 6.31. The van der Waals surface area contributed by atoms with Gasteiger partial charge in [0, 0.05) is 35.8 Å². The van der Waals surface area contributed by atoms with Crippen LogP contribution < -0.4 is 11.2 Å². The van der Waals surface area contributed by atoms with Crippen LogP contribution >= 0.6 is 11.6 Å². The van der Waals surface area contributed by atoms with Crippen LogP contribution in [0.5, 0.6) is 0 Å². The van der Waals surface area contributed by atoms with Crippen molar-refractivity contribution in [3.8, 4) is 0 Å². The normalized spacial score (nSPS) is 13.6. The number of aromatic nitrogens is 2. The van der Waals surface area contributed by atoms with Crippen LogP contribution in [-0.4, -0.2) is 27.3 Å². The molecule has 1 heterocycles. The van der Waals surface area contributed by atoms with Crippen molar-refractivity contribution in [2.75, 3.05) is 6.54 Å². The van der Waals surface area contributed by atoms with E-state index in [1.165, 1.54) is 12.1 Å². The fraction of sp³-hybridized carbons (Fsp3) is 0.421. The molecule has 0 radical (unpaired) electrons. The summed E-state index contributed by atoms with van der Waals surface area (Å²) in [4.78, 5) is 42.4. The van der Waals surface area contributed by atoms with Crippen molar-refractivity contribution in [1.29, 1.82) is 0 Å². The molecule has 1 aromatic heterocycles. The second-order valence-corrected chi connectivity index (χ2v) is 7.37. The molecule has 144 valence electrons. The number of aromatic amines is 2. The van der Waals surface area contributed by atoms with E-state index >= 15 is 0 Å². The summed E-state index contributed by atoms with van der Waals surface area (Å²) in [6.07, 6.45) is 2.54. The number of nitrogens with zero attached hydrogens (tertiary/aromatic N) is 1. The van der Waals surface area contributed by atoms with Gasteiger partial charge in [-0.15, -0.1) is 0 Å². The molecule has 1 saturated carbocycles. The van der Waals surface area contributed by atoms with Crippen LogP contribution in [0.1, 0.15) is 36.1 Å². The van der Waals surface area contributed by atoms with Gasteiger partial charge in [0.1, 0.15) is 5.82 Å². The third-order valence-electron chi connectivity index (χ3n) is 4.75. The third kappa shape index (κ3) is 5.07. The minimum Gasteiger partial charge on any atom is -0.338 e. The molecule has 1 amide bonds. The molecule has 2 N–H and O–H groups in total. The van der Waals surface area contributed by atoms with Crippen molar-refractivity contribution >= 4 is 17.5 Å². The summed E-state index contributed by atoms with van der Waals surface area (Å²) in [5.74, 6) is -0.0460. The van der Waals surface area contributed by atoms with E-state index in [9.17, 15) is 18.8 Å². The van der Waals surface area contributed by atoms with E-state index in [1.54, 1.807) is 17.9 Å². The summed E-state index contributed by atoms with van der Waals surface area (Å²) in [5.41, 5.74) is 0.513. The number of carbonyl (C=O) groups excluding carboxylic acids is 1. The zero-order valence-electron chi connectivity index (χ0n) is 15.0. The van der Waals surface area contributed by atoms with Crippen molar-refractivity contribution < 1.29 is 9.18 Å². The van der Waals surface area contributed by atoms with E-state index in [-0.39, 0.29) is 23.8 Å². The van der Waals surface area contributed by atoms with E-state index in [2.05, 4.69) is 9.97 Å². The number of rotatable bonds is 7. The molecule has 1 fully saturated rings. The highest BCUT2D eigenvalue weighted by Crippen LogP contribution is 2.31. The Bertz CT molecular complexity index is 965. The Balaban J connectivity index is 1.72. The van der Waals surface area contributed by atoms with Gasteiger partial charge >= 0.3 is 5.69 Å². The van der Waals surface area contributed by atoms with Gasteiger partial charge in [0.25, 0.3) is 5.56 Å². The molecule has 0 atom stereocenters. The lowest BCUT2D eigenvalue weighted by Gasteiger charge is -2.23. The average molecular weight is 394 g/mol. The summed E-state index contributed by atoms with van der Waals surface area (Å²) in [6, 6.07) is 4.14. The molecule has 0 saturated heterocycles. The average Bonchev–Trinajstić information content (AvgIpc) is 3.39. The number of aryl methyl sites for hydroxylation is 1. The van der Waals surface area contributed by atoms with E-state index in [1.807, 2.05) is 0 Å². The van der Waals surface area contributed by atoms with Crippen molar-refractivity contribution in [1.82, 2.24) is 14.9 Å². The maximum Gasteiger partial charge on any atom is 0.325 e. The van der Waals surface area contributed by atoms with E-state index < -0.39 is 17.1 Å². The summed E-state index contributed by atoms with van der Waals surface area (Å²) in [5, 5.41) is 0.288. The van der Waals surface area contributed by atoms with Crippen LogP contribution in [0.25, 0.3) is 0 Å². The molecule has 27 heavy (non-hydrogen) atoms. The van der Waals surface area contributed by atoms with Crippen LogP contribution in [0.2, 0.25) is 5.02 Å². The summed E-state index contributed by atoms with van der Waals surface area (Å²) >= 11 is 6.10. The minimum absolute atomic E-state index is 0.104. The Kier molecular flexibility index (Phi) is 5.79. The maximum absolute atomic E-state index is 13.3. The molecule has 1 aromatic carbocycles. The second kappa shape index (κ2) is 8.08. The predicted molar refractivity (Wildman–Crippen MR) is 100 cm³/mol. The van der Waals surface area contributed by atoms with Gasteiger partial charge in [-0.05, 0) is 49.8 Å². The van der Waals surface area contributed by atoms with Crippen molar-refractivity contribution in [2.24, 2.45) is 5.92 Å². The molecule has 0 unspecified atom stereocenters. The van der Waals surface area contributed by atoms with Gasteiger partial charge in [0.2, 0.25) is 5.91 Å². The lowest BCUT2D eigenvalue weighted by Crippen LogP contribution is -2.34. The highest BCUT2D eigenvalue weighted by atomic mass is 35.5. The molecule has 0 spiro atoms. The standard InChI is InChI=1S/C19H21ClFN3O3/c1-11-15(18(26)23-19(27)22-11)6-7-17(25)24(9-12-2-3-12)10-13-4-5-14(21)8-16(13)20/h4-5,8,12H,2-3,6-7,9-10H2,1H3,(H2,22,23,26,27). The molecule has 8 heteroatoms. The molecule has 2 aromatic rings.